The SMILES string of the molecule is CC(C)OC(=O)C(C)(C)N1CCN(C)CC1. The molecule has 4 heteroatoms. The summed E-state index contributed by atoms with van der Waals surface area (Å²) in [5, 5.41) is 0. The third-order valence-electron chi connectivity index (χ3n) is 3.14. The minimum atomic E-state index is -0.508. The van der Waals surface area contributed by atoms with Gasteiger partial charge in [-0.15, -0.1) is 0 Å². The first-order chi connectivity index (χ1) is 7.34. The molecule has 16 heavy (non-hydrogen) atoms. The summed E-state index contributed by atoms with van der Waals surface area (Å²) in [4.78, 5) is 16.5. The number of carbonyl (C=O) groups excluding carboxylic acids is 1. The molecule has 4 nitrogen and oxygen atoms in total. The molecule has 0 saturated carbocycles. The van der Waals surface area contributed by atoms with Crippen molar-refractivity contribution in [1.29, 1.82) is 0 Å². The Kier molecular flexibility index (Phi) is 4.33. The number of rotatable bonds is 3. The van der Waals surface area contributed by atoms with Gasteiger partial charge in [0.25, 0.3) is 0 Å². The lowest BCUT2D eigenvalue weighted by atomic mass is 10.0. The highest BCUT2D eigenvalue weighted by Crippen LogP contribution is 2.19. The number of likely N-dealkylation sites (N-methyl/N-ethyl adjacent to an activating group) is 1. The van der Waals surface area contributed by atoms with Gasteiger partial charge < -0.3 is 9.64 Å². The third kappa shape index (κ3) is 3.19. The molecule has 0 unspecified atom stereocenters. The van der Waals surface area contributed by atoms with E-state index < -0.39 is 5.54 Å². The maximum absolute atomic E-state index is 12.0. The van der Waals surface area contributed by atoms with E-state index in [0.717, 1.165) is 26.2 Å². The summed E-state index contributed by atoms with van der Waals surface area (Å²) in [5.41, 5.74) is -0.508. The second-order valence-corrected chi connectivity index (χ2v) is 5.30. The van der Waals surface area contributed by atoms with Crippen LogP contribution in [0.15, 0.2) is 0 Å². The van der Waals surface area contributed by atoms with Crippen LogP contribution in [-0.2, 0) is 9.53 Å². The molecular weight excluding hydrogens is 204 g/mol. The lowest BCUT2D eigenvalue weighted by Gasteiger charge is -2.41. The predicted molar refractivity (Wildman–Crippen MR) is 64.4 cm³/mol. The molecule has 0 aromatic heterocycles. The minimum absolute atomic E-state index is 0.0424. The van der Waals surface area contributed by atoms with E-state index in [1.165, 1.54) is 0 Å². The van der Waals surface area contributed by atoms with Crippen LogP contribution in [0.3, 0.4) is 0 Å². The summed E-state index contributed by atoms with van der Waals surface area (Å²) in [7, 11) is 2.11. The van der Waals surface area contributed by atoms with E-state index >= 15 is 0 Å². The van der Waals surface area contributed by atoms with E-state index in [1.807, 2.05) is 27.7 Å². The molecule has 1 heterocycles. The first-order valence-electron chi connectivity index (χ1n) is 5.98. The largest absolute Gasteiger partial charge is 0.462 e. The zero-order valence-electron chi connectivity index (χ0n) is 11.1. The molecule has 1 fully saturated rings. The fourth-order valence-electron chi connectivity index (χ4n) is 1.85. The first-order valence-corrected chi connectivity index (χ1v) is 5.98. The van der Waals surface area contributed by atoms with Gasteiger partial charge in [0.05, 0.1) is 6.10 Å². The molecule has 0 radical (unpaired) electrons. The highest BCUT2D eigenvalue weighted by Gasteiger charge is 2.37. The van der Waals surface area contributed by atoms with Crippen LogP contribution in [0, 0.1) is 0 Å². The van der Waals surface area contributed by atoms with Crippen LogP contribution in [0.4, 0.5) is 0 Å². The van der Waals surface area contributed by atoms with Crippen LogP contribution in [0.5, 0.6) is 0 Å². The molecule has 1 aliphatic heterocycles. The van der Waals surface area contributed by atoms with E-state index in [2.05, 4.69) is 16.8 Å². The van der Waals surface area contributed by atoms with Crippen molar-refractivity contribution >= 4 is 5.97 Å². The van der Waals surface area contributed by atoms with Crippen LogP contribution in [0.2, 0.25) is 0 Å². The Balaban J connectivity index is 2.58. The Bertz CT molecular complexity index is 243. The van der Waals surface area contributed by atoms with E-state index in [4.69, 9.17) is 4.74 Å². The Labute approximate surface area is 98.5 Å². The van der Waals surface area contributed by atoms with Crippen molar-refractivity contribution in [3.05, 3.63) is 0 Å². The van der Waals surface area contributed by atoms with Crippen molar-refractivity contribution in [2.24, 2.45) is 0 Å². The van der Waals surface area contributed by atoms with E-state index in [0.29, 0.717) is 0 Å². The topological polar surface area (TPSA) is 32.8 Å². The van der Waals surface area contributed by atoms with Gasteiger partial charge in [0.15, 0.2) is 0 Å². The van der Waals surface area contributed by atoms with Crippen molar-refractivity contribution in [3.8, 4) is 0 Å². The zero-order valence-corrected chi connectivity index (χ0v) is 11.1. The molecular formula is C12H24N2O2. The molecule has 0 N–H and O–H groups in total. The van der Waals surface area contributed by atoms with Crippen LogP contribution >= 0.6 is 0 Å². The smallest absolute Gasteiger partial charge is 0.326 e. The number of hydrogen-bond acceptors (Lipinski definition) is 4. The average molecular weight is 228 g/mol. The van der Waals surface area contributed by atoms with E-state index in [-0.39, 0.29) is 12.1 Å². The highest BCUT2D eigenvalue weighted by molar-refractivity contribution is 5.80. The molecule has 1 aliphatic rings. The number of carbonyl (C=O) groups is 1. The van der Waals surface area contributed by atoms with Crippen molar-refractivity contribution in [1.82, 2.24) is 9.80 Å². The highest BCUT2D eigenvalue weighted by atomic mass is 16.5. The molecule has 0 aliphatic carbocycles. The number of ether oxygens (including phenoxy) is 1. The summed E-state index contributed by atoms with van der Waals surface area (Å²) in [5.74, 6) is -0.118. The second kappa shape index (κ2) is 5.15. The Hall–Kier alpha value is -0.610. The van der Waals surface area contributed by atoms with Crippen molar-refractivity contribution in [2.75, 3.05) is 33.2 Å². The summed E-state index contributed by atoms with van der Waals surface area (Å²) in [6.07, 6.45) is -0.0424. The molecule has 0 aromatic carbocycles. The van der Waals surface area contributed by atoms with Gasteiger partial charge in [-0.05, 0) is 34.7 Å². The van der Waals surface area contributed by atoms with Gasteiger partial charge in [-0.2, -0.15) is 0 Å². The van der Waals surface area contributed by atoms with Crippen LogP contribution in [-0.4, -0.2) is 60.6 Å². The van der Waals surface area contributed by atoms with Gasteiger partial charge >= 0.3 is 5.97 Å². The fraction of sp³-hybridized carbons (Fsp3) is 0.917. The predicted octanol–water partition coefficient (Wildman–Crippen LogP) is 0.964. The summed E-state index contributed by atoms with van der Waals surface area (Å²) >= 11 is 0. The van der Waals surface area contributed by atoms with E-state index in [9.17, 15) is 4.79 Å². The van der Waals surface area contributed by atoms with Gasteiger partial charge in [-0.1, -0.05) is 0 Å². The molecule has 1 saturated heterocycles. The van der Waals surface area contributed by atoms with Gasteiger partial charge in [-0.3, -0.25) is 9.69 Å². The molecule has 94 valence electrons. The molecule has 0 aromatic rings. The molecule has 0 amide bonds. The van der Waals surface area contributed by atoms with Crippen molar-refractivity contribution in [3.63, 3.8) is 0 Å². The summed E-state index contributed by atoms with van der Waals surface area (Å²) in [6, 6.07) is 0. The molecule has 1 rings (SSSR count). The number of nitrogens with zero attached hydrogens (tertiary/aromatic N) is 2. The van der Waals surface area contributed by atoms with Gasteiger partial charge in [0.1, 0.15) is 5.54 Å². The average Bonchev–Trinajstić information content (AvgIpc) is 2.17. The van der Waals surface area contributed by atoms with Gasteiger partial charge in [0.2, 0.25) is 0 Å². The number of esters is 1. The molecule has 0 spiro atoms. The quantitative estimate of drug-likeness (QED) is 0.674. The molecule has 0 atom stereocenters. The standard InChI is InChI=1S/C12H24N2O2/c1-10(2)16-11(15)12(3,4)14-8-6-13(5)7-9-14/h10H,6-9H2,1-5H3. The van der Waals surface area contributed by atoms with Crippen LogP contribution in [0.25, 0.3) is 0 Å². The van der Waals surface area contributed by atoms with Crippen LogP contribution < -0.4 is 0 Å². The van der Waals surface area contributed by atoms with Crippen molar-refractivity contribution in [2.45, 2.75) is 39.3 Å². The van der Waals surface area contributed by atoms with Gasteiger partial charge in [-0.25, -0.2) is 0 Å². The summed E-state index contributed by atoms with van der Waals surface area (Å²) < 4.78 is 5.30. The maximum Gasteiger partial charge on any atom is 0.326 e. The third-order valence-corrected chi connectivity index (χ3v) is 3.14. The Morgan fingerprint density at radius 1 is 1.19 bits per heavy atom. The van der Waals surface area contributed by atoms with Crippen molar-refractivity contribution < 1.29 is 9.53 Å². The lowest BCUT2D eigenvalue weighted by molar-refractivity contribution is -0.161. The minimum Gasteiger partial charge on any atom is -0.462 e. The Morgan fingerprint density at radius 2 is 1.69 bits per heavy atom. The summed E-state index contributed by atoms with van der Waals surface area (Å²) in [6.45, 7) is 11.5. The van der Waals surface area contributed by atoms with Crippen LogP contribution in [0.1, 0.15) is 27.7 Å². The van der Waals surface area contributed by atoms with Gasteiger partial charge in [0, 0.05) is 26.2 Å². The normalized spacial score (nSPS) is 20.1. The Morgan fingerprint density at radius 3 is 2.12 bits per heavy atom. The lowest BCUT2D eigenvalue weighted by Crippen LogP contribution is -2.58. The maximum atomic E-state index is 12.0. The van der Waals surface area contributed by atoms with E-state index in [1.54, 1.807) is 0 Å². The zero-order chi connectivity index (χ0) is 12.3. The number of hydrogen-bond donors (Lipinski definition) is 0. The molecule has 0 bridgehead atoms. The number of piperazine rings is 1. The second-order valence-electron chi connectivity index (χ2n) is 5.30. The monoisotopic (exact) mass is 228 g/mol. The first kappa shape index (κ1) is 13.5. The fourth-order valence-corrected chi connectivity index (χ4v) is 1.85.